The van der Waals surface area contributed by atoms with Crippen molar-refractivity contribution in [3.8, 4) is 28.7 Å². The van der Waals surface area contributed by atoms with Crippen LogP contribution in [-0.4, -0.2) is 23.3 Å². The highest BCUT2D eigenvalue weighted by Crippen LogP contribution is 2.49. The molecule has 0 unspecified atom stereocenters. The molecule has 0 fully saturated rings. The topological polar surface area (TPSA) is 45.7 Å². The van der Waals surface area contributed by atoms with Crippen LogP contribution < -0.4 is 9.30 Å². The minimum absolute atomic E-state index is 0.739. The van der Waals surface area contributed by atoms with Crippen LogP contribution in [-0.2, 0) is 14.1 Å². The fraction of sp³-hybridized carbons (Fsp3) is 0.0400. The second-order valence-electron chi connectivity index (χ2n) is 14.7. The molecule has 5 aromatic heterocycles. The molecule has 0 saturated heterocycles. The second-order valence-corrected chi connectivity index (χ2v) is 14.7. The summed E-state index contributed by atoms with van der Waals surface area (Å²) < 4.78 is 18.0. The van der Waals surface area contributed by atoms with Gasteiger partial charge >= 0.3 is 0 Å². The molecule has 0 atom stereocenters. The van der Waals surface area contributed by atoms with Crippen molar-refractivity contribution >= 4 is 76.5 Å². The molecule has 7 heteroatoms. The van der Waals surface area contributed by atoms with E-state index >= 15 is 0 Å². The van der Waals surface area contributed by atoms with Crippen LogP contribution >= 0.6 is 0 Å². The Morgan fingerprint density at radius 3 is 1.96 bits per heavy atom. The fourth-order valence-electron chi connectivity index (χ4n) is 9.23. The van der Waals surface area contributed by atoms with E-state index in [1.807, 2.05) is 36.0 Å². The van der Waals surface area contributed by atoms with E-state index in [1.54, 1.807) is 0 Å². The predicted molar refractivity (Wildman–Crippen MR) is 230 cm³/mol. The molecule has 0 N–H and O–H groups in total. The van der Waals surface area contributed by atoms with Gasteiger partial charge in [0, 0.05) is 62.8 Å². The van der Waals surface area contributed by atoms with Crippen molar-refractivity contribution in [3.05, 3.63) is 176 Å². The van der Waals surface area contributed by atoms with Gasteiger partial charge in [-0.25, -0.2) is 4.98 Å². The maximum absolute atomic E-state index is 6.76. The van der Waals surface area contributed by atoms with Gasteiger partial charge < -0.3 is 23.0 Å². The Balaban J connectivity index is 1.19. The summed E-state index contributed by atoms with van der Waals surface area (Å²) in [5.41, 5.74) is 11.1. The number of hydrogen-bond donors (Lipinski definition) is 0. The van der Waals surface area contributed by atoms with Gasteiger partial charge in [0.05, 0.1) is 51.4 Å². The zero-order chi connectivity index (χ0) is 37.8. The molecule has 7 nitrogen and oxygen atoms in total. The van der Waals surface area contributed by atoms with E-state index < -0.39 is 0 Å². The number of nitrogens with zero attached hydrogens (tertiary/aromatic N) is 6. The SMILES string of the molecule is Cn1[c-][n+](-c2cccc(Oc3ccc4c5c6c(c7ccccc7n6C)c6c(c7ccccc7n6-c6ccccc6)c5n(-c5ccccn5)c4c3)c2)c2ccccc21. The molecule has 0 saturated carbocycles. The Hall–Kier alpha value is -7.64. The average Bonchev–Trinajstić information content (AvgIpc) is 3.98. The number of pyridine rings is 1. The molecule has 12 rings (SSSR count). The summed E-state index contributed by atoms with van der Waals surface area (Å²) in [4.78, 5) is 5.00. The van der Waals surface area contributed by atoms with Gasteiger partial charge in [0.1, 0.15) is 17.3 Å². The zero-order valence-corrected chi connectivity index (χ0v) is 31.3. The summed E-state index contributed by atoms with van der Waals surface area (Å²) >= 11 is 0. The molecule has 0 aliphatic rings. The summed E-state index contributed by atoms with van der Waals surface area (Å²) in [6.45, 7) is 0. The maximum atomic E-state index is 6.76. The van der Waals surface area contributed by atoms with Gasteiger partial charge in [-0.05, 0) is 60.7 Å². The summed E-state index contributed by atoms with van der Waals surface area (Å²) in [5, 5.41) is 7.15. The second kappa shape index (κ2) is 11.9. The molecule has 0 aliphatic heterocycles. The van der Waals surface area contributed by atoms with E-state index in [-0.39, 0.29) is 0 Å². The van der Waals surface area contributed by atoms with Gasteiger partial charge in [-0.15, -0.1) is 0 Å². The normalized spacial score (nSPS) is 12.0. The predicted octanol–water partition coefficient (Wildman–Crippen LogP) is 11.3. The number of aromatic nitrogens is 6. The Kier molecular flexibility index (Phi) is 6.63. The van der Waals surface area contributed by atoms with Crippen molar-refractivity contribution in [1.82, 2.24) is 23.3 Å². The fourth-order valence-corrected chi connectivity index (χ4v) is 9.23. The number of aryl methyl sites for hydroxylation is 2. The third-order valence-electron chi connectivity index (χ3n) is 11.6. The third kappa shape index (κ3) is 4.48. The van der Waals surface area contributed by atoms with Gasteiger partial charge in [0.25, 0.3) is 0 Å². The molecule has 57 heavy (non-hydrogen) atoms. The largest absolute Gasteiger partial charge is 0.458 e. The van der Waals surface area contributed by atoms with Crippen molar-refractivity contribution in [3.63, 3.8) is 0 Å². The van der Waals surface area contributed by atoms with Crippen LogP contribution in [0.1, 0.15) is 0 Å². The van der Waals surface area contributed by atoms with Gasteiger partial charge in [0.15, 0.2) is 0 Å². The van der Waals surface area contributed by atoms with E-state index in [4.69, 9.17) is 9.72 Å². The lowest BCUT2D eigenvalue weighted by Gasteiger charge is -2.12. The highest BCUT2D eigenvalue weighted by Gasteiger charge is 2.28. The Bertz CT molecular complexity index is 3570. The van der Waals surface area contributed by atoms with Crippen molar-refractivity contribution in [2.24, 2.45) is 14.1 Å². The molecule has 0 amide bonds. The van der Waals surface area contributed by atoms with E-state index in [1.165, 1.54) is 43.5 Å². The van der Waals surface area contributed by atoms with E-state index in [9.17, 15) is 0 Å². The molecule has 5 heterocycles. The van der Waals surface area contributed by atoms with E-state index in [2.05, 4.69) is 177 Å². The van der Waals surface area contributed by atoms with Crippen LogP contribution in [0.15, 0.2) is 170 Å². The van der Waals surface area contributed by atoms with Crippen LogP contribution in [0.25, 0.3) is 93.6 Å². The molecule has 7 aromatic carbocycles. The van der Waals surface area contributed by atoms with Crippen LogP contribution in [0.4, 0.5) is 0 Å². The van der Waals surface area contributed by atoms with E-state index in [0.29, 0.717) is 0 Å². The molecule has 0 aliphatic carbocycles. The number of benzene rings is 7. The first-order valence-corrected chi connectivity index (χ1v) is 19.2. The maximum Gasteiger partial charge on any atom is 0.244 e. The number of fused-ring (bicyclic) bond motifs is 13. The number of rotatable bonds is 5. The van der Waals surface area contributed by atoms with Crippen molar-refractivity contribution in [2.45, 2.75) is 0 Å². The minimum Gasteiger partial charge on any atom is -0.458 e. The Morgan fingerprint density at radius 1 is 0.509 bits per heavy atom. The van der Waals surface area contributed by atoms with Crippen LogP contribution in [0.5, 0.6) is 11.5 Å². The summed E-state index contributed by atoms with van der Waals surface area (Å²) in [7, 11) is 4.22. The first-order valence-electron chi connectivity index (χ1n) is 19.2. The first kappa shape index (κ1) is 31.7. The number of imidazole rings is 1. The third-order valence-corrected chi connectivity index (χ3v) is 11.6. The number of hydrogen-bond acceptors (Lipinski definition) is 2. The summed E-state index contributed by atoms with van der Waals surface area (Å²) in [6, 6.07) is 57.5. The van der Waals surface area contributed by atoms with Gasteiger partial charge in [-0.1, -0.05) is 97.1 Å². The Labute approximate surface area is 327 Å². The van der Waals surface area contributed by atoms with Crippen LogP contribution in [0.2, 0.25) is 0 Å². The van der Waals surface area contributed by atoms with Crippen molar-refractivity contribution in [2.75, 3.05) is 0 Å². The lowest BCUT2D eigenvalue weighted by atomic mass is 10.0. The molecular weight excluding hydrogens is 701 g/mol. The van der Waals surface area contributed by atoms with Crippen molar-refractivity contribution in [1.29, 1.82) is 0 Å². The number of ether oxygens (including phenoxy) is 1. The van der Waals surface area contributed by atoms with Crippen LogP contribution in [0.3, 0.4) is 0 Å². The molecule has 12 aromatic rings. The average molecular weight is 735 g/mol. The summed E-state index contributed by atoms with van der Waals surface area (Å²) in [5.74, 6) is 2.32. The highest BCUT2D eigenvalue weighted by atomic mass is 16.5. The molecule has 0 spiro atoms. The zero-order valence-electron chi connectivity index (χ0n) is 31.3. The number of para-hydroxylation sites is 5. The quantitative estimate of drug-likeness (QED) is 0.131. The molecule has 270 valence electrons. The van der Waals surface area contributed by atoms with Gasteiger partial charge in [-0.3, -0.25) is 4.57 Å². The molecular formula is C50H34N6O. The first-order chi connectivity index (χ1) is 28.1. The standard InChI is InChI=1S/C50H34N6O/c1-52-31-54(42-24-11-10-23-41(42)52)33-17-14-18-34(29-33)57-35-26-27-38-43(30-35)56(44-25-12-13-28-51-44)50-46(38)48-45(36-19-6-8-21-39(36)53(48)2)49-47(50)37-20-7-9-22-40(37)55(49)32-15-4-3-5-16-32/h3-30H,1-2H3. The smallest absolute Gasteiger partial charge is 0.244 e. The lowest BCUT2D eigenvalue weighted by molar-refractivity contribution is -0.572. The van der Waals surface area contributed by atoms with Crippen molar-refractivity contribution < 1.29 is 9.30 Å². The van der Waals surface area contributed by atoms with Crippen LogP contribution in [0, 0.1) is 6.33 Å². The van der Waals surface area contributed by atoms with Gasteiger partial charge in [0.2, 0.25) is 6.33 Å². The molecule has 0 radical (unpaired) electrons. The van der Waals surface area contributed by atoms with E-state index in [0.717, 1.165) is 61.7 Å². The lowest BCUT2D eigenvalue weighted by Crippen LogP contribution is -2.29. The monoisotopic (exact) mass is 734 g/mol. The van der Waals surface area contributed by atoms with Gasteiger partial charge in [-0.2, -0.15) is 0 Å². The highest BCUT2D eigenvalue weighted by molar-refractivity contribution is 6.40. The summed E-state index contributed by atoms with van der Waals surface area (Å²) in [6.07, 6.45) is 5.33. The minimum atomic E-state index is 0.739. The molecule has 0 bridgehead atoms. The Morgan fingerprint density at radius 2 is 1.16 bits per heavy atom.